The summed E-state index contributed by atoms with van der Waals surface area (Å²) >= 11 is 1.52. The van der Waals surface area contributed by atoms with Gasteiger partial charge in [0.15, 0.2) is 5.16 Å². The Morgan fingerprint density at radius 3 is 2.92 bits per heavy atom. The van der Waals surface area contributed by atoms with Crippen LogP contribution < -0.4 is 4.74 Å². The lowest BCUT2D eigenvalue weighted by Gasteiger charge is -1.96. The van der Waals surface area contributed by atoms with Gasteiger partial charge in [-0.3, -0.25) is 0 Å². The fourth-order valence-corrected chi connectivity index (χ4v) is 3.23. The van der Waals surface area contributed by atoms with Gasteiger partial charge in [0.05, 0.1) is 23.9 Å². The van der Waals surface area contributed by atoms with Gasteiger partial charge in [0.2, 0.25) is 11.7 Å². The summed E-state index contributed by atoms with van der Waals surface area (Å²) in [5.74, 6) is 2.52. The number of methoxy groups -OCH3 is 1. The van der Waals surface area contributed by atoms with Crippen molar-refractivity contribution in [1.29, 1.82) is 0 Å². The van der Waals surface area contributed by atoms with E-state index >= 15 is 0 Å². The molecule has 0 amide bonds. The van der Waals surface area contributed by atoms with Crippen LogP contribution in [0.3, 0.4) is 0 Å². The zero-order valence-electron chi connectivity index (χ0n) is 13.8. The molecule has 0 saturated carbocycles. The summed E-state index contributed by atoms with van der Waals surface area (Å²) in [5, 5.41) is 4.86. The topological polar surface area (TPSA) is 76.8 Å². The average Bonchev–Trinajstić information content (AvgIpc) is 3.25. The number of hydrogen-bond donors (Lipinski definition) is 1. The highest BCUT2D eigenvalue weighted by atomic mass is 32.2. The van der Waals surface area contributed by atoms with E-state index in [9.17, 15) is 0 Å². The molecule has 4 rings (SSSR count). The van der Waals surface area contributed by atoms with Gasteiger partial charge >= 0.3 is 0 Å². The van der Waals surface area contributed by atoms with Crippen LogP contribution in [0.1, 0.15) is 11.5 Å². The molecule has 2 heterocycles. The second kappa shape index (κ2) is 6.60. The fraction of sp³-hybridized carbons (Fsp3) is 0.167. The summed E-state index contributed by atoms with van der Waals surface area (Å²) in [6, 6.07) is 13.8. The van der Waals surface area contributed by atoms with Crippen LogP contribution in [0.5, 0.6) is 5.75 Å². The van der Waals surface area contributed by atoms with Crippen molar-refractivity contribution < 1.29 is 9.26 Å². The van der Waals surface area contributed by atoms with Gasteiger partial charge in [0.1, 0.15) is 5.75 Å². The Hall–Kier alpha value is -2.80. The molecule has 0 unspecified atom stereocenters. The molecule has 1 N–H and O–H groups in total. The highest BCUT2D eigenvalue weighted by Crippen LogP contribution is 2.26. The van der Waals surface area contributed by atoms with E-state index in [0.717, 1.165) is 33.1 Å². The summed E-state index contributed by atoms with van der Waals surface area (Å²) in [4.78, 5) is 12.3. The van der Waals surface area contributed by atoms with Crippen LogP contribution in [0.15, 0.2) is 52.1 Å². The molecular weight excluding hydrogens is 336 g/mol. The van der Waals surface area contributed by atoms with Crippen LogP contribution in [0.25, 0.3) is 22.4 Å². The highest BCUT2D eigenvalue weighted by molar-refractivity contribution is 7.98. The van der Waals surface area contributed by atoms with E-state index < -0.39 is 0 Å². The Labute approximate surface area is 148 Å². The highest BCUT2D eigenvalue weighted by Gasteiger charge is 2.11. The fourth-order valence-electron chi connectivity index (χ4n) is 2.51. The first-order chi connectivity index (χ1) is 12.2. The summed E-state index contributed by atoms with van der Waals surface area (Å²) < 4.78 is 10.6. The number of nitrogens with one attached hydrogen (secondary N) is 1. The lowest BCUT2D eigenvalue weighted by Crippen LogP contribution is -1.84. The first-order valence-corrected chi connectivity index (χ1v) is 8.76. The summed E-state index contributed by atoms with van der Waals surface area (Å²) in [5.41, 5.74) is 3.95. The maximum absolute atomic E-state index is 5.35. The summed E-state index contributed by atoms with van der Waals surface area (Å²) in [6.07, 6.45) is 0. The Bertz CT molecular complexity index is 1020. The molecule has 25 heavy (non-hydrogen) atoms. The van der Waals surface area contributed by atoms with Crippen LogP contribution in [0, 0.1) is 6.92 Å². The summed E-state index contributed by atoms with van der Waals surface area (Å²) in [6.45, 7) is 2.04. The molecular formula is C18H16N4O2S. The Morgan fingerprint density at radius 2 is 2.08 bits per heavy atom. The quantitative estimate of drug-likeness (QED) is 0.542. The molecule has 0 bridgehead atoms. The van der Waals surface area contributed by atoms with Gasteiger partial charge in [0, 0.05) is 11.6 Å². The predicted molar refractivity (Wildman–Crippen MR) is 96.7 cm³/mol. The predicted octanol–water partition coefficient (Wildman–Crippen LogP) is 4.22. The molecule has 0 aliphatic rings. The van der Waals surface area contributed by atoms with Crippen molar-refractivity contribution in [1.82, 2.24) is 20.1 Å². The number of rotatable bonds is 5. The number of aromatic amines is 1. The van der Waals surface area contributed by atoms with Crippen molar-refractivity contribution >= 4 is 22.8 Å². The van der Waals surface area contributed by atoms with E-state index in [0.29, 0.717) is 17.5 Å². The number of ether oxygens (including phenoxy) is 1. The number of hydrogen-bond acceptors (Lipinski definition) is 6. The number of fused-ring (bicyclic) bond motifs is 1. The smallest absolute Gasteiger partial charge is 0.237 e. The standard InChI is InChI=1S/C18H16N4O2S/c1-11-4-3-5-12(8-11)17-21-16(24-22-17)10-25-18-19-14-7-6-13(23-2)9-15(14)20-18/h3-9H,10H2,1-2H3,(H,19,20). The third kappa shape index (κ3) is 3.36. The van der Waals surface area contributed by atoms with Crippen LogP contribution in [-0.4, -0.2) is 27.2 Å². The molecule has 0 aliphatic carbocycles. The Morgan fingerprint density at radius 1 is 1.16 bits per heavy atom. The van der Waals surface area contributed by atoms with Gasteiger partial charge < -0.3 is 14.2 Å². The van der Waals surface area contributed by atoms with E-state index in [1.54, 1.807) is 7.11 Å². The van der Waals surface area contributed by atoms with Gasteiger partial charge in [-0.2, -0.15) is 4.98 Å². The molecule has 6 nitrogen and oxygen atoms in total. The monoisotopic (exact) mass is 352 g/mol. The van der Waals surface area contributed by atoms with Crippen molar-refractivity contribution in [2.24, 2.45) is 0 Å². The zero-order chi connectivity index (χ0) is 17.2. The van der Waals surface area contributed by atoms with E-state index in [1.165, 1.54) is 11.8 Å². The number of nitrogens with zero attached hydrogens (tertiary/aromatic N) is 3. The number of thioether (sulfide) groups is 1. The first kappa shape index (κ1) is 15.7. The molecule has 7 heteroatoms. The van der Waals surface area contributed by atoms with Crippen molar-refractivity contribution in [3.05, 3.63) is 53.9 Å². The SMILES string of the molecule is COc1ccc2nc(SCc3nc(-c4cccc(C)c4)no3)[nH]c2c1. The molecule has 2 aromatic heterocycles. The third-order valence-electron chi connectivity index (χ3n) is 3.74. The minimum absolute atomic E-state index is 0.551. The molecule has 0 saturated heterocycles. The van der Waals surface area contributed by atoms with Crippen molar-refractivity contribution in [2.75, 3.05) is 7.11 Å². The second-order valence-corrected chi connectivity index (χ2v) is 6.56. The molecule has 0 fully saturated rings. The Balaban J connectivity index is 1.48. The normalized spacial score (nSPS) is 11.1. The molecule has 0 spiro atoms. The minimum atomic E-state index is 0.551. The van der Waals surface area contributed by atoms with Gasteiger partial charge in [-0.1, -0.05) is 40.7 Å². The average molecular weight is 352 g/mol. The molecule has 126 valence electrons. The maximum Gasteiger partial charge on any atom is 0.237 e. The number of aromatic nitrogens is 4. The molecule has 0 radical (unpaired) electrons. The van der Waals surface area contributed by atoms with Crippen LogP contribution in [0.2, 0.25) is 0 Å². The second-order valence-electron chi connectivity index (χ2n) is 5.59. The lowest BCUT2D eigenvalue weighted by atomic mass is 10.1. The van der Waals surface area contributed by atoms with Gasteiger partial charge in [0.25, 0.3) is 0 Å². The van der Waals surface area contributed by atoms with Crippen LogP contribution >= 0.6 is 11.8 Å². The first-order valence-electron chi connectivity index (χ1n) is 7.77. The van der Waals surface area contributed by atoms with Crippen molar-refractivity contribution in [2.45, 2.75) is 17.8 Å². The largest absolute Gasteiger partial charge is 0.497 e. The molecule has 4 aromatic rings. The van der Waals surface area contributed by atoms with Crippen molar-refractivity contribution in [3.8, 4) is 17.1 Å². The number of aryl methyl sites for hydroxylation is 1. The van der Waals surface area contributed by atoms with Gasteiger partial charge in [-0.15, -0.1) is 0 Å². The summed E-state index contributed by atoms with van der Waals surface area (Å²) in [7, 11) is 1.65. The van der Waals surface area contributed by atoms with Crippen LogP contribution in [-0.2, 0) is 5.75 Å². The lowest BCUT2D eigenvalue weighted by molar-refractivity contribution is 0.391. The number of benzene rings is 2. The minimum Gasteiger partial charge on any atom is -0.497 e. The van der Waals surface area contributed by atoms with E-state index in [4.69, 9.17) is 9.26 Å². The van der Waals surface area contributed by atoms with Gasteiger partial charge in [-0.05, 0) is 25.1 Å². The molecule has 0 atom stereocenters. The number of H-pyrrole nitrogens is 1. The van der Waals surface area contributed by atoms with E-state index in [-0.39, 0.29) is 0 Å². The number of imidazole rings is 1. The van der Waals surface area contributed by atoms with Gasteiger partial charge in [-0.25, -0.2) is 4.98 Å². The van der Waals surface area contributed by atoms with Crippen LogP contribution in [0.4, 0.5) is 0 Å². The Kier molecular flexibility index (Phi) is 4.15. The van der Waals surface area contributed by atoms with E-state index in [1.807, 2.05) is 49.4 Å². The maximum atomic E-state index is 5.35. The molecule has 0 aliphatic heterocycles. The third-order valence-corrected chi connectivity index (χ3v) is 4.60. The molecule has 2 aromatic carbocycles. The zero-order valence-corrected chi connectivity index (χ0v) is 14.6. The van der Waals surface area contributed by atoms with E-state index in [2.05, 4.69) is 20.1 Å². The van der Waals surface area contributed by atoms with Crippen molar-refractivity contribution in [3.63, 3.8) is 0 Å².